The smallest absolute Gasteiger partial charge is 0.127 e. The first-order chi connectivity index (χ1) is 9.48. The molecule has 0 bridgehead atoms. The molecule has 0 aliphatic carbocycles. The minimum absolute atomic E-state index is 0.0976. The number of benzene rings is 1. The van der Waals surface area contributed by atoms with Gasteiger partial charge < -0.3 is 5.32 Å². The third kappa shape index (κ3) is 3.41. The van der Waals surface area contributed by atoms with Crippen LogP contribution in [0, 0.1) is 5.82 Å². The highest BCUT2D eigenvalue weighted by Gasteiger charge is 2.36. The normalized spacial score (nSPS) is 27.8. The van der Waals surface area contributed by atoms with Crippen molar-refractivity contribution in [1.82, 2.24) is 10.2 Å². The van der Waals surface area contributed by atoms with Crippen molar-refractivity contribution in [3.05, 3.63) is 34.1 Å². The van der Waals surface area contributed by atoms with Crippen molar-refractivity contribution < 1.29 is 4.39 Å². The molecule has 2 atom stereocenters. The van der Waals surface area contributed by atoms with Crippen molar-refractivity contribution >= 4 is 15.9 Å². The number of hydrogen-bond acceptors (Lipinski definition) is 2. The monoisotopic (exact) mass is 342 g/mol. The first-order valence-electron chi connectivity index (χ1n) is 7.41. The second-order valence-corrected chi connectivity index (χ2v) is 6.87. The molecule has 1 saturated heterocycles. The maximum Gasteiger partial charge on any atom is 0.127 e. The molecular weight excluding hydrogens is 319 g/mol. The van der Waals surface area contributed by atoms with Crippen molar-refractivity contribution in [2.75, 3.05) is 13.1 Å². The molecule has 0 aromatic heterocycles. The second kappa shape index (κ2) is 6.54. The molecule has 0 saturated carbocycles. The van der Waals surface area contributed by atoms with Crippen LogP contribution in [0.3, 0.4) is 0 Å². The minimum atomic E-state index is -0.113. The van der Waals surface area contributed by atoms with Gasteiger partial charge in [0.1, 0.15) is 5.82 Å². The summed E-state index contributed by atoms with van der Waals surface area (Å²) < 4.78 is 14.9. The molecule has 2 unspecified atom stereocenters. The highest BCUT2D eigenvalue weighted by atomic mass is 79.9. The fourth-order valence-corrected chi connectivity index (χ4v) is 3.18. The van der Waals surface area contributed by atoms with Gasteiger partial charge in [-0.15, -0.1) is 0 Å². The first-order valence-corrected chi connectivity index (χ1v) is 8.20. The zero-order chi connectivity index (χ0) is 14.8. The summed E-state index contributed by atoms with van der Waals surface area (Å²) >= 11 is 3.43. The molecule has 0 amide bonds. The summed E-state index contributed by atoms with van der Waals surface area (Å²) in [5.74, 6) is -0.113. The van der Waals surface area contributed by atoms with Gasteiger partial charge in [0, 0.05) is 41.3 Å². The van der Waals surface area contributed by atoms with E-state index in [1.807, 2.05) is 6.07 Å². The second-order valence-electron chi connectivity index (χ2n) is 5.95. The molecule has 1 aliphatic rings. The SMILES string of the molecule is CCC1CN(Cc2cc(Br)ccc2F)C(C)(CC)CN1. The lowest BCUT2D eigenvalue weighted by Crippen LogP contribution is -2.62. The van der Waals surface area contributed by atoms with Crippen LogP contribution in [0.25, 0.3) is 0 Å². The van der Waals surface area contributed by atoms with E-state index in [9.17, 15) is 4.39 Å². The number of nitrogens with zero attached hydrogens (tertiary/aromatic N) is 1. The van der Waals surface area contributed by atoms with E-state index in [1.165, 1.54) is 0 Å². The van der Waals surface area contributed by atoms with Gasteiger partial charge in [-0.1, -0.05) is 29.8 Å². The Bertz CT molecular complexity index is 466. The number of rotatable bonds is 4. The highest BCUT2D eigenvalue weighted by molar-refractivity contribution is 9.10. The molecule has 2 rings (SSSR count). The van der Waals surface area contributed by atoms with Crippen LogP contribution in [0.2, 0.25) is 0 Å². The zero-order valence-corrected chi connectivity index (χ0v) is 14.1. The van der Waals surface area contributed by atoms with Gasteiger partial charge in [0.05, 0.1) is 0 Å². The maximum absolute atomic E-state index is 14.0. The van der Waals surface area contributed by atoms with Crippen molar-refractivity contribution in [2.45, 2.75) is 51.7 Å². The Morgan fingerprint density at radius 2 is 2.20 bits per heavy atom. The van der Waals surface area contributed by atoms with Crippen LogP contribution in [0.5, 0.6) is 0 Å². The lowest BCUT2D eigenvalue weighted by atomic mass is 9.91. The third-order valence-electron chi connectivity index (χ3n) is 4.60. The van der Waals surface area contributed by atoms with Crippen molar-refractivity contribution in [3.63, 3.8) is 0 Å². The Hall–Kier alpha value is -0.450. The van der Waals surface area contributed by atoms with Gasteiger partial charge >= 0.3 is 0 Å². The molecule has 1 fully saturated rings. The van der Waals surface area contributed by atoms with Crippen LogP contribution >= 0.6 is 15.9 Å². The standard InChI is InChI=1S/C16H24BrFN2/c1-4-14-10-20(16(3,5-2)11-19-14)9-12-8-13(17)6-7-15(12)18/h6-8,14,19H,4-5,9-11H2,1-3H3. The Morgan fingerprint density at radius 1 is 1.45 bits per heavy atom. The maximum atomic E-state index is 14.0. The summed E-state index contributed by atoms with van der Waals surface area (Å²) in [6.07, 6.45) is 2.17. The van der Waals surface area contributed by atoms with Crippen molar-refractivity contribution in [2.24, 2.45) is 0 Å². The molecule has 1 aromatic rings. The summed E-state index contributed by atoms with van der Waals surface area (Å²) in [4.78, 5) is 2.43. The summed E-state index contributed by atoms with van der Waals surface area (Å²) in [6, 6.07) is 5.70. The van der Waals surface area contributed by atoms with E-state index in [-0.39, 0.29) is 11.4 Å². The van der Waals surface area contributed by atoms with Crippen LogP contribution in [-0.4, -0.2) is 29.6 Å². The summed E-state index contributed by atoms with van der Waals surface area (Å²) in [5, 5.41) is 3.61. The molecule has 0 radical (unpaired) electrons. The predicted octanol–water partition coefficient (Wildman–Crippen LogP) is 3.94. The lowest BCUT2D eigenvalue weighted by molar-refractivity contribution is 0.0399. The van der Waals surface area contributed by atoms with E-state index in [4.69, 9.17) is 0 Å². The van der Waals surface area contributed by atoms with Crippen LogP contribution in [0.4, 0.5) is 4.39 Å². The molecule has 4 heteroatoms. The lowest BCUT2D eigenvalue weighted by Gasteiger charge is -2.48. The molecule has 0 spiro atoms. The van der Waals surface area contributed by atoms with Gasteiger partial charge in [0.2, 0.25) is 0 Å². The van der Waals surface area contributed by atoms with Gasteiger partial charge in [0.25, 0.3) is 0 Å². The van der Waals surface area contributed by atoms with Crippen LogP contribution in [0.1, 0.15) is 39.2 Å². The van der Waals surface area contributed by atoms with E-state index >= 15 is 0 Å². The summed E-state index contributed by atoms with van der Waals surface area (Å²) in [6.45, 7) is 9.29. The quantitative estimate of drug-likeness (QED) is 0.891. The molecule has 2 nitrogen and oxygen atoms in total. The number of halogens is 2. The topological polar surface area (TPSA) is 15.3 Å². The number of nitrogens with one attached hydrogen (secondary N) is 1. The minimum Gasteiger partial charge on any atom is -0.311 e. The molecule has 1 aromatic carbocycles. The molecule has 112 valence electrons. The van der Waals surface area contributed by atoms with E-state index in [2.05, 4.69) is 46.9 Å². The number of hydrogen-bond donors (Lipinski definition) is 1. The van der Waals surface area contributed by atoms with Gasteiger partial charge in [-0.25, -0.2) is 4.39 Å². The van der Waals surface area contributed by atoms with Crippen LogP contribution in [-0.2, 0) is 6.54 Å². The molecule has 20 heavy (non-hydrogen) atoms. The van der Waals surface area contributed by atoms with Gasteiger partial charge in [-0.05, 0) is 38.0 Å². The van der Waals surface area contributed by atoms with Crippen molar-refractivity contribution in [1.29, 1.82) is 0 Å². The molecular formula is C16H24BrFN2. The third-order valence-corrected chi connectivity index (χ3v) is 5.09. The Balaban J connectivity index is 2.20. The van der Waals surface area contributed by atoms with E-state index in [1.54, 1.807) is 12.1 Å². The Morgan fingerprint density at radius 3 is 2.85 bits per heavy atom. The zero-order valence-electron chi connectivity index (χ0n) is 12.5. The Kier molecular flexibility index (Phi) is 5.21. The largest absolute Gasteiger partial charge is 0.311 e. The van der Waals surface area contributed by atoms with E-state index < -0.39 is 0 Å². The molecule has 1 heterocycles. The fourth-order valence-electron chi connectivity index (χ4n) is 2.77. The summed E-state index contributed by atoms with van der Waals surface area (Å²) in [5.41, 5.74) is 0.872. The first kappa shape index (κ1) is 15.9. The highest BCUT2D eigenvalue weighted by Crippen LogP contribution is 2.27. The average Bonchev–Trinajstić information content (AvgIpc) is 2.45. The average molecular weight is 343 g/mol. The van der Waals surface area contributed by atoms with Gasteiger partial charge in [0.15, 0.2) is 0 Å². The predicted molar refractivity (Wildman–Crippen MR) is 85.3 cm³/mol. The molecule has 1 aliphatic heterocycles. The summed E-state index contributed by atoms with van der Waals surface area (Å²) in [7, 11) is 0. The van der Waals surface area contributed by atoms with E-state index in [0.29, 0.717) is 12.6 Å². The van der Waals surface area contributed by atoms with E-state index in [0.717, 1.165) is 36.0 Å². The van der Waals surface area contributed by atoms with Crippen LogP contribution < -0.4 is 5.32 Å². The van der Waals surface area contributed by atoms with Gasteiger partial charge in [-0.3, -0.25) is 4.90 Å². The van der Waals surface area contributed by atoms with Gasteiger partial charge in [-0.2, -0.15) is 0 Å². The number of piperazine rings is 1. The van der Waals surface area contributed by atoms with Crippen molar-refractivity contribution in [3.8, 4) is 0 Å². The molecule has 1 N–H and O–H groups in total. The fraction of sp³-hybridized carbons (Fsp3) is 0.625. The Labute approximate surface area is 129 Å². The van der Waals surface area contributed by atoms with Crippen LogP contribution in [0.15, 0.2) is 22.7 Å².